The minimum atomic E-state index is -0.656. The molecule has 0 unspecified atom stereocenters. The van der Waals surface area contributed by atoms with Gasteiger partial charge < -0.3 is 29.0 Å². The van der Waals surface area contributed by atoms with E-state index in [9.17, 15) is 0 Å². The van der Waals surface area contributed by atoms with Gasteiger partial charge in [-0.05, 0) is 31.6 Å². The Labute approximate surface area is 152 Å². The Hall–Kier alpha value is -1.25. The van der Waals surface area contributed by atoms with Gasteiger partial charge in [0.05, 0.1) is 19.8 Å². The molecule has 0 radical (unpaired) electrons. The molecule has 0 amide bonds. The van der Waals surface area contributed by atoms with E-state index < -0.39 is 11.4 Å². The van der Waals surface area contributed by atoms with Gasteiger partial charge in [-0.2, -0.15) is 0 Å². The smallest absolute Gasteiger partial charge is 0.256 e. The largest absolute Gasteiger partial charge is 0.468 e. The first-order valence-electron chi connectivity index (χ1n) is 8.53. The van der Waals surface area contributed by atoms with Crippen molar-refractivity contribution < 1.29 is 23.7 Å². The first kappa shape index (κ1) is 17.2. The third-order valence-electron chi connectivity index (χ3n) is 4.83. The summed E-state index contributed by atoms with van der Waals surface area (Å²) in [7, 11) is 0. The highest BCUT2D eigenvalue weighted by molar-refractivity contribution is 7.80. The van der Waals surface area contributed by atoms with Crippen molar-refractivity contribution in [1.82, 2.24) is 5.32 Å². The second kappa shape index (κ2) is 6.48. The molecule has 3 saturated heterocycles. The molecule has 136 valence electrons. The van der Waals surface area contributed by atoms with Crippen LogP contribution in [0.2, 0.25) is 0 Å². The highest BCUT2D eigenvalue weighted by Gasteiger charge is 2.59. The molecule has 3 aliphatic rings. The second-order valence-electron chi connectivity index (χ2n) is 7.16. The number of fused-ring (bicyclic) bond motifs is 1. The van der Waals surface area contributed by atoms with E-state index in [-0.39, 0.29) is 18.3 Å². The van der Waals surface area contributed by atoms with Gasteiger partial charge in [-0.1, -0.05) is 30.3 Å². The summed E-state index contributed by atoms with van der Waals surface area (Å²) in [6.07, 6.45) is -0.705. The molecule has 3 fully saturated rings. The molecule has 0 saturated carbocycles. The Morgan fingerprint density at radius 3 is 2.76 bits per heavy atom. The number of thiocarbonyl (C=S) groups is 1. The van der Waals surface area contributed by atoms with Crippen molar-refractivity contribution in [2.24, 2.45) is 0 Å². The molecule has 3 aliphatic heterocycles. The Morgan fingerprint density at radius 2 is 2.04 bits per heavy atom. The van der Waals surface area contributed by atoms with Crippen molar-refractivity contribution in [2.75, 3.05) is 19.8 Å². The van der Waals surface area contributed by atoms with Crippen LogP contribution < -0.4 is 5.32 Å². The first-order chi connectivity index (χ1) is 12.0. The molecule has 0 aromatic heterocycles. The second-order valence-corrected chi connectivity index (χ2v) is 7.53. The maximum atomic E-state index is 6.31. The van der Waals surface area contributed by atoms with Crippen LogP contribution in [0.15, 0.2) is 30.3 Å². The van der Waals surface area contributed by atoms with Crippen LogP contribution in [0.3, 0.4) is 0 Å². The summed E-state index contributed by atoms with van der Waals surface area (Å²) in [6, 6.07) is 10.1. The lowest BCUT2D eigenvalue weighted by Gasteiger charge is -2.48. The van der Waals surface area contributed by atoms with Gasteiger partial charge in [0.2, 0.25) is 0 Å². The van der Waals surface area contributed by atoms with Gasteiger partial charge in [-0.3, -0.25) is 0 Å². The van der Waals surface area contributed by atoms with Crippen molar-refractivity contribution in [3.05, 3.63) is 35.9 Å². The average molecular weight is 365 g/mol. The average Bonchev–Trinajstić information content (AvgIpc) is 2.92. The van der Waals surface area contributed by atoms with E-state index in [1.165, 1.54) is 0 Å². The van der Waals surface area contributed by atoms with Crippen LogP contribution >= 0.6 is 12.2 Å². The minimum Gasteiger partial charge on any atom is -0.468 e. The molecule has 25 heavy (non-hydrogen) atoms. The predicted octanol–water partition coefficient (Wildman–Crippen LogP) is 1.77. The zero-order chi connectivity index (χ0) is 17.5. The van der Waals surface area contributed by atoms with Crippen molar-refractivity contribution in [2.45, 2.75) is 50.2 Å². The summed E-state index contributed by atoms with van der Waals surface area (Å²) in [5.74, 6) is -0.656. The van der Waals surface area contributed by atoms with Crippen LogP contribution in [0.5, 0.6) is 0 Å². The molecular weight excluding hydrogens is 342 g/mol. The van der Waals surface area contributed by atoms with Crippen LogP contribution in [0.1, 0.15) is 19.4 Å². The van der Waals surface area contributed by atoms with Gasteiger partial charge in [-0.15, -0.1) is 0 Å². The van der Waals surface area contributed by atoms with E-state index in [1.807, 2.05) is 44.2 Å². The maximum Gasteiger partial charge on any atom is 0.256 e. The van der Waals surface area contributed by atoms with E-state index >= 15 is 0 Å². The number of rotatable bonds is 3. The molecule has 7 heteroatoms. The molecule has 0 bridgehead atoms. The summed E-state index contributed by atoms with van der Waals surface area (Å²) >= 11 is 5.08. The third kappa shape index (κ3) is 3.39. The fourth-order valence-corrected chi connectivity index (χ4v) is 3.80. The zero-order valence-corrected chi connectivity index (χ0v) is 15.2. The Morgan fingerprint density at radius 1 is 1.24 bits per heavy atom. The molecular formula is C18H23NO5S. The molecule has 1 aromatic rings. The van der Waals surface area contributed by atoms with Crippen LogP contribution in [0.4, 0.5) is 0 Å². The predicted molar refractivity (Wildman–Crippen MR) is 94.1 cm³/mol. The summed E-state index contributed by atoms with van der Waals surface area (Å²) in [5, 5.41) is 3.47. The summed E-state index contributed by atoms with van der Waals surface area (Å²) in [6.45, 7) is 5.60. The third-order valence-corrected chi connectivity index (χ3v) is 5.09. The minimum absolute atomic E-state index is 0.157. The van der Waals surface area contributed by atoms with Gasteiger partial charge in [0, 0.05) is 0 Å². The van der Waals surface area contributed by atoms with E-state index in [2.05, 4.69) is 5.32 Å². The molecule has 0 aliphatic carbocycles. The maximum absolute atomic E-state index is 6.31. The van der Waals surface area contributed by atoms with Gasteiger partial charge in [0.15, 0.2) is 5.79 Å². The van der Waals surface area contributed by atoms with E-state index in [1.54, 1.807) is 0 Å². The van der Waals surface area contributed by atoms with Gasteiger partial charge in [-0.25, -0.2) is 0 Å². The lowest BCUT2D eigenvalue weighted by Crippen LogP contribution is -2.69. The van der Waals surface area contributed by atoms with Crippen LogP contribution in [-0.2, 0) is 30.3 Å². The van der Waals surface area contributed by atoms with Crippen LogP contribution in [0.25, 0.3) is 0 Å². The Balaban J connectivity index is 1.57. The normalized spacial score (nSPS) is 36.6. The Kier molecular flexibility index (Phi) is 4.45. The van der Waals surface area contributed by atoms with E-state index in [4.69, 9.17) is 35.9 Å². The van der Waals surface area contributed by atoms with Gasteiger partial charge >= 0.3 is 0 Å². The monoisotopic (exact) mass is 365 g/mol. The van der Waals surface area contributed by atoms with Crippen LogP contribution in [-0.4, -0.2) is 54.6 Å². The number of nitrogens with one attached hydrogen (secondary N) is 1. The molecule has 3 heterocycles. The molecule has 6 nitrogen and oxygen atoms in total. The fourth-order valence-electron chi connectivity index (χ4n) is 3.67. The SMILES string of the molecule is CC1(C)O[C@@H]2[C@@H](CO[C@@]3(CNC(=S)OC3)[C@H]2OCc2ccccc2)O1. The van der Waals surface area contributed by atoms with E-state index in [0.717, 1.165) is 5.56 Å². The summed E-state index contributed by atoms with van der Waals surface area (Å²) in [5.41, 5.74) is 0.445. The van der Waals surface area contributed by atoms with Gasteiger partial charge in [0.1, 0.15) is 30.5 Å². The number of hydrogen-bond donors (Lipinski definition) is 1. The standard InChI is InChI=1S/C18H23NO5S/c1-17(2)23-13-9-22-18(10-19-16(25)21-11-18)15(14(13)24-17)20-8-12-6-4-3-5-7-12/h3-7,13-15H,8-11H2,1-2H3,(H,19,25)/t13-,14-,15+,18-/m1/s1. The number of ether oxygens (including phenoxy) is 5. The number of hydrogen-bond acceptors (Lipinski definition) is 6. The molecule has 1 spiro atoms. The van der Waals surface area contributed by atoms with Crippen molar-refractivity contribution in [1.29, 1.82) is 0 Å². The van der Waals surface area contributed by atoms with Crippen molar-refractivity contribution in [3.8, 4) is 0 Å². The molecule has 1 aromatic carbocycles. The molecule has 4 rings (SSSR count). The van der Waals surface area contributed by atoms with Crippen molar-refractivity contribution in [3.63, 3.8) is 0 Å². The van der Waals surface area contributed by atoms with Gasteiger partial charge in [0.25, 0.3) is 5.17 Å². The lowest BCUT2D eigenvalue weighted by molar-refractivity contribution is -0.242. The van der Waals surface area contributed by atoms with Crippen molar-refractivity contribution >= 4 is 17.4 Å². The zero-order valence-electron chi connectivity index (χ0n) is 14.4. The highest BCUT2D eigenvalue weighted by atomic mass is 32.1. The topological polar surface area (TPSA) is 58.2 Å². The Bertz CT molecular complexity index is 628. The molecule has 4 atom stereocenters. The lowest BCUT2D eigenvalue weighted by atomic mass is 9.87. The molecule has 1 N–H and O–H groups in total. The van der Waals surface area contributed by atoms with Crippen LogP contribution in [0, 0.1) is 0 Å². The first-order valence-corrected chi connectivity index (χ1v) is 8.94. The fraction of sp³-hybridized carbons (Fsp3) is 0.611. The summed E-state index contributed by atoms with van der Waals surface area (Å²) in [4.78, 5) is 0. The number of benzene rings is 1. The quantitative estimate of drug-likeness (QED) is 0.819. The highest BCUT2D eigenvalue weighted by Crippen LogP contribution is 2.40. The summed E-state index contributed by atoms with van der Waals surface area (Å²) < 4.78 is 30.2. The van der Waals surface area contributed by atoms with E-state index in [0.29, 0.717) is 31.5 Å².